The number of benzene rings is 3. The second kappa shape index (κ2) is 11.0. The molecule has 3 aromatic carbocycles. The first kappa shape index (κ1) is 24.2. The van der Waals surface area contributed by atoms with E-state index in [4.69, 9.17) is 16.3 Å². The highest BCUT2D eigenvalue weighted by Gasteiger charge is 2.32. The van der Waals surface area contributed by atoms with E-state index in [1.807, 2.05) is 84.6 Å². The molecule has 0 radical (unpaired) electrons. The van der Waals surface area contributed by atoms with Crippen molar-refractivity contribution in [3.63, 3.8) is 0 Å². The van der Waals surface area contributed by atoms with E-state index >= 15 is 0 Å². The Balaban J connectivity index is 1.44. The molecule has 3 aromatic rings. The molecule has 1 aliphatic rings. The highest BCUT2D eigenvalue weighted by atomic mass is 35.5. The van der Waals surface area contributed by atoms with E-state index < -0.39 is 0 Å². The van der Waals surface area contributed by atoms with Crippen LogP contribution in [0, 0.1) is 0 Å². The van der Waals surface area contributed by atoms with Crippen LogP contribution in [0.25, 0.3) is 0 Å². The molecule has 176 valence electrons. The van der Waals surface area contributed by atoms with Gasteiger partial charge in [-0.25, -0.2) is 0 Å². The van der Waals surface area contributed by atoms with E-state index in [0.29, 0.717) is 22.9 Å². The van der Waals surface area contributed by atoms with Gasteiger partial charge in [-0.3, -0.25) is 9.59 Å². The quantitative estimate of drug-likeness (QED) is 0.417. The van der Waals surface area contributed by atoms with Crippen molar-refractivity contribution >= 4 is 35.2 Å². The van der Waals surface area contributed by atoms with Gasteiger partial charge < -0.3 is 15.0 Å². The molecule has 0 bridgehead atoms. The van der Waals surface area contributed by atoms with Crippen LogP contribution >= 0.6 is 23.4 Å². The molecule has 2 amide bonds. The van der Waals surface area contributed by atoms with Gasteiger partial charge in [0.15, 0.2) is 0 Å². The van der Waals surface area contributed by atoms with Crippen molar-refractivity contribution in [2.75, 3.05) is 12.9 Å². The Morgan fingerprint density at radius 1 is 1.09 bits per heavy atom. The smallest absolute Gasteiger partial charge is 0.251 e. The maximum absolute atomic E-state index is 12.9. The lowest BCUT2D eigenvalue weighted by Crippen LogP contribution is -2.28. The van der Waals surface area contributed by atoms with E-state index in [1.165, 1.54) is 0 Å². The number of carbonyl (C=O) groups is 2. The van der Waals surface area contributed by atoms with Gasteiger partial charge in [0.25, 0.3) is 5.91 Å². The summed E-state index contributed by atoms with van der Waals surface area (Å²) < 4.78 is 5.22. The molecule has 1 fully saturated rings. The van der Waals surface area contributed by atoms with Crippen molar-refractivity contribution in [2.45, 2.75) is 31.3 Å². The Kier molecular flexibility index (Phi) is 7.80. The Hall–Kier alpha value is -2.96. The van der Waals surface area contributed by atoms with Gasteiger partial charge in [-0.15, -0.1) is 11.8 Å². The Morgan fingerprint density at radius 3 is 2.38 bits per heavy atom. The lowest BCUT2D eigenvalue weighted by Gasteiger charge is -2.24. The number of hydrogen-bond donors (Lipinski definition) is 1. The van der Waals surface area contributed by atoms with Gasteiger partial charge in [-0.05, 0) is 59.5 Å². The van der Waals surface area contributed by atoms with E-state index in [0.717, 1.165) is 28.9 Å². The Bertz CT molecular complexity index is 1130. The van der Waals surface area contributed by atoms with Gasteiger partial charge in [0.1, 0.15) is 11.1 Å². The molecule has 1 saturated heterocycles. The van der Waals surface area contributed by atoms with Crippen molar-refractivity contribution in [3.8, 4) is 5.75 Å². The largest absolute Gasteiger partial charge is 0.497 e. The first-order chi connectivity index (χ1) is 16.5. The van der Waals surface area contributed by atoms with Crippen LogP contribution in [0.2, 0.25) is 5.02 Å². The third-order valence-corrected chi connectivity index (χ3v) is 7.43. The SMILES string of the molecule is CC[C@H](NC(=O)c1ccc([C@H]2SCC(=O)N2Cc2ccc(Cl)cc2)cc1)c1ccc(OC)cc1. The molecule has 0 spiro atoms. The van der Waals surface area contributed by atoms with Crippen molar-refractivity contribution in [2.24, 2.45) is 0 Å². The third kappa shape index (κ3) is 5.57. The molecule has 4 rings (SSSR count). The van der Waals surface area contributed by atoms with Gasteiger partial charge in [-0.1, -0.05) is 54.9 Å². The summed E-state index contributed by atoms with van der Waals surface area (Å²) in [5, 5.41) is 3.71. The van der Waals surface area contributed by atoms with Crippen molar-refractivity contribution in [1.29, 1.82) is 0 Å². The molecular formula is C27H27ClN2O3S. The molecule has 1 heterocycles. The van der Waals surface area contributed by atoms with Crippen LogP contribution < -0.4 is 10.1 Å². The first-order valence-corrected chi connectivity index (χ1v) is 12.6. The van der Waals surface area contributed by atoms with Crippen LogP contribution in [0.5, 0.6) is 5.75 Å². The third-order valence-electron chi connectivity index (χ3n) is 5.92. The van der Waals surface area contributed by atoms with Crippen LogP contribution in [0.1, 0.15) is 51.8 Å². The summed E-state index contributed by atoms with van der Waals surface area (Å²) in [6.45, 7) is 2.57. The number of ether oxygens (including phenoxy) is 1. The Morgan fingerprint density at radius 2 is 1.76 bits per heavy atom. The molecule has 1 N–H and O–H groups in total. The lowest BCUT2D eigenvalue weighted by atomic mass is 10.0. The monoisotopic (exact) mass is 494 g/mol. The van der Waals surface area contributed by atoms with Gasteiger partial charge in [0, 0.05) is 17.1 Å². The van der Waals surface area contributed by atoms with Crippen molar-refractivity contribution in [1.82, 2.24) is 10.2 Å². The average Bonchev–Trinajstić information content (AvgIpc) is 3.23. The van der Waals surface area contributed by atoms with Crippen LogP contribution in [0.3, 0.4) is 0 Å². The molecule has 0 saturated carbocycles. The molecule has 0 aromatic heterocycles. The van der Waals surface area contributed by atoms with E-state index in [-0.39, 0.29) is 23.2 Å². The minimum Gasteiger partial charge on any atom is -0.497 e. The summed E-state index contributed by atoms with van der Waals surface area (Å²) in [5.74, 6) is 1.22. The zero-order chi connectivity index (χ0) is 24.1. The molecule has 7 heteroatoms. The van der Waals surface area contributed by atoms with E-state index in [1.54, 1.807) is 18.9 Å². The molecule has 34 heavy (non-hydrogen) atoms. The number of amides is 2. The summed E-state index contributed by atoms with van der Waals surface area (Å²) in [5.41, 5.74) is 3.66. The summed E-state index contributed by atoms with van der Waals surface area (Å²) in [6.07, 6.45) is 0.774. The lowest BCUT2D eigenvalue weighted by molar-refractivity contribution is -0.128. The number of thioether (sulfide) groups is 1. The second-order valence-corrected chi connectivity index (χ2v) is 9.65. The molecular weight excluding hydrogens is 468 g/mol. The van der Waals surface area contributed by atoms with Crippen LogP contribution in [-0.4, -0.2) is 29.6 Å². The van der Waals surface area contributed by atoms with Gasteiger partial charge >= 0.3 is 0 Å². The number of rotatable bonds is 8. The Labute approximate surface area is 209 Å². The average molecular weight is 495 g/mol. The maximum Gasteiger partial charge on any atom is 0.251 e. The highest BCUT2D eigenvalue weighted by molar-refractivity contribution is 8.00. The predicted octanol–water partition coefficient (Wildman–Crippen LogP) is 6.00. The fourth-order valence-corrected chi connectivity index (χ4v) is 5.30. The number of halogens is 1. The maximum atomic E-state index is 12.9. The molecule has 1 aliphatic heterocycles. The summed E-state index contributed by atoms with van der Waals surface area (Å²) in [6, 6.07) is 22.7. The zero-order valence-electron chi connectivity index (χ0n) is 19.2. The highest BCUT2D eigenvalue weighted by Crippen LogP contribution is 2.39. The topological polar surface area (TPSA) is 58.6 Å². The van der Waals surface area contributed by atoms with Crippen LogP contribution in [0.15, 0.2) is 72.8 Å². The van der Waals surface area contributed by atoms with Crippen molar-refractivity contribution < 1.29 is 14.3 Å². The molecule has 5 nitrogen and oxygen atoms in total. The standard InChI is InChI=1S/C27H27ClN2O3S/c1-3-24(19-10-14-23(33-2)15-11-19)29-26(32)20-6-8-21(9-7-20)27-30(25(31)17-34-27)16-18-4-12-22(28)13-5-18/h4-15,24,27H,3,16-17H2,1-2H3,(H,29,32)/t24-,27+/m0/s1. The number of nitrogens with one attached hydrogen (secondary N) is 1. The number of carbonyl (C=O) groups excluding carboxylic acids is 2. The van der Waals surface area contributed by atoms with Gasteiger partial charge in [0.05, 0.1) is 18.9 Å². The normalized spacial score (nSPS) is 16.4. The van der Waals surface area contributed by atoms with Gasteiger partial charge in [0.2, 0.25) is 5.91 Å². The summed E-state index contributed by atoms with van der Waals surface area (Å²) in [7, 11) is 1.63. The van der Waals surface area contributed by atoms with E-state index in [9.17, 15) is 9.59 Å². The minimum atomic E-state index is -0.123. The predicted molar refractivity (Wildman–Crippen MR) is 137 cm³/mol. The fourth-order valence-electron chi connectivity index (χ4n) is 3.99. The van der Waals surface area contributed by atoms with Crippen LogP contribution in [0.4, 0.5) is 0 Å². The van der Waals surface area contributed by atoms with Gasteiger partial charge in [-0.2, -0.15) is 0 Å². The van der Waals surface area contributed by atoms with Crippen LogP contribution in [-0.2, 0) is 11.3 Å². The summed E-state index contributed by atoms with van der Waals surface area (Å²) in [4.78, 5) is 27.3. The fraction of sp³-hybridized carbons (Fsp3) is 0.259. The zero-order valence-corrected chi connectivity index (χ0v) is 20.7. The number of nitrogens with zero attached hydrogens (tertiary/aromatic N) is 1. The molecule has 2 atom stereocenters. The molecule has 0 unspecified atom stereocenters. The minimum absolute atomic E-state index is 0.0806. The van der Waals surface area contributed by atoms with E-state index in [2.05, 4.69) is 5.32 Å². The second-order valence-electron chi connectivity index (χ2n) is 8.14. The number of methoxy groups -OCH3 is 1. The first-order valence-electron chi connectivity index (χ1n) is 11.2. The number of hydrogen-bond acceptors (Lipinski definition) is 4. The van der Waals surface area contributed by atoms with Crippen molar-refractivity contribution in [3.05, 3.63) is 100 Å². The molecule has 0 aliphatic carbocycles. The summed E-state index contributed by atoms with van der Waals surface area (Å²) >= 11 is 7.59.